The summed E-state index contributed by atoms with van der Waals surface area (Å²) in [4.78, 5) is 11.2. The third kappa shape index (κ3) is 2.60. The molecule has 7 nitrogen and oxygen atoms in total. The quantitative estimate of drug-likeness (QED) is 0.742. The Bertz CT molecular complexity index is 544. The summed E-state index contributed by atoms with van der Waals surface area (Å²) in [6.07, 6.45) is 4.40. The molecule has 1 saturated heterocycles. The molecular weight excluding hydrogens is 242 g/mol. The molecule has 0 aliphatic carbocycles. The fraction of sp³-hybridized carbons (Fsp3) is 0.583. The molecule has 0 spiro atoms. The zero-order valence-corrected chi connectivity index (χ0v) is 11.1. The minimum absolute atomic E-state index is 0.598. The van der Waals surface area contributed by atoms with Gasteiger partial charge in [0.1, 0.15) is 5.82 Å². The summed E-state index contributed by atoms with van der Waals surface area (Å²) < 4.78 is 0. The molecule has 0 amide bonds. The normalized spacial score (nSPS) is 16.1. The van der Waals surface area contributed by atoms with Crippen LogP contribution in [0.4, 0.5) is 11.8 Å². The van der Waals surface area contributed by atoms with Crippen molar-refractivity contribution in [1.82, 2.24) is 25.1 Å². The Morgan fingerprint density at radius 3 is 2.95 bits per heavy atom. The van der Waals surface area contributed by atoms with Crippen molar-refractivity contribution in [3.8, 4) is 0 Å². The van der Waals surface area contributed by atoms with E-state index in [9.17, 15) is 0 Å². The van der Waals surface area contributed by atoms with Crippen LogP contribution in [0.3, 0.4) is 0 Å². The van der Waals surface area contributed by atoms with Gasteiger partial charge >= 0.3 is 0 Å². The van der Waals surface area contributed by atoms with Crippen LogP contribution < -0.4 is 10.6 Å². The molecule has 19 heavy (non-hydrogen) atoms. The van der Waals surface area contributed by atoms with E-state index in [0.29, 0.717) is 5.95 Å². The lowest BCUT2D eigenvalue weighted by molar-refractivity contribution is 0.352. The highest BCUT2D eigenvalue weighted by molar-refractivity contribution is 5.86. The third-order valence-electron chi connectivity index (χ3n) is 3.45. The average molecular weight is 261 g/mol. The van der Waals surface area contributed by atoms with Gasteiger partial charge < -0.3 is 15.5 Å². The van der Waals surface area contributed by atoms with Crippen molar-refractivity contribution in [2.75, 3.05) is 43.9 Å². The number of nitrogens with zero attached hydrogens (tertiary/aromatic N) is 4. The number of hydrogen-bond donors (Lipinski definition) is 3. The molecule has 3 rings (SSSR count). The predicted octanol–water partition coefficient (Wildman–Crippen LogP) is 0.902. The summed E-state index contributed by atoms with van der Waals surface area (Å²) in [5.74, 6) is 1.43. The van der Waals surface area contributed by atoms with Crippen LogP contribution in [0.1, 0.15) is 12.8 Å². The second kappa shape index (κ2) is 5.40. The van der Waals surface area contributed by atoms with Gasteiger partial charge in [0.2, 0.25) is 5.95 Å². The summed E-state index contributed by atoms with van der Waals surface area (Å²) in [7, 11) is 1.81. The molecule has 2 aromatic heterocycles. The molecule has 3 N–H and O–H groups in total. The smallest absolute Gasteiger partial charge is 0.226 e. The molecule has 1 aliphatic heterocycles. The molecule has 7 heteroatoms. The Morgan fingerprint density at radius 2 is 2.16 bits per heavy atom. The van der Waals surface area contributed by atoms with Crippen molar-refractivity contribution in [2.24, 2.45) is 0 Å². The van der Waals surface area contributed by atoms with Crippen LogP contribution in [0.15, 0.2) is 6.20 Å². The first-order valence-corrected chi connectivity index (χ1v) is 6.72. The van der Waals surface area contributed by atoms with E-state index in [1.807, 2.05) is 7.05 Å². The maximum absolute atomic E-state index is 4.44. The lowest BCUT2D eigenvalue weighted by atomic mass is 10.4. The monoisotopic (exact) mass is 261 g/mol. The highest BCUT2D eigenvalue weighted by atomic mass is 15.2. The summed E-state index contributed by atoms with van der Waals surface area (Å²) in [5, 5.41) is 14.2. The Kier molecular flexibility index (Phi) is 3.45. The van der Waals surface area contributed by atoms with Gasteiger partial charge in [-0.1, -0.05) is 0 Å². The summed E-state index contributed by atoms with van der Waals surface area (Å²) >= 11 is 0. The van der Waals surface area contributed by atoms with E-state index in [2.05, 4.69) is 35.7 Å². The largest absolute Gasteiger partial charge is 0.368 e. The fourth-order valence-electron chi connectivity index (χ4n) is 2.42. The van der Waals surface area contributed by atoms with Gasteiger partial charge in [-0.3, -0.25) is 5.10 Å². The molecule has 2 aromatic rings. The van der Waals surface area contributed by atoms with Crippen LogP contribution in [0.25, 0.3) is 11.0 Å². The molecule has 0 saturated carbocycles. The Labute approximate surface area is 111 Å². The number of aromatic nitrogens is 4. The first-order chi connectivity index (χ1) is 9.36. The van der Waals surface area contributed by atoms with E-state index in [1.165, 1.54) is 25.9 Å². The van der Waals surface area contributed by atoms with Gasteiger partial charge in [-0.15, -0.1) is 0 Å². The van der Waals surface area contributed by atoms with Gasteiger partial charge in [-0.2, -0.15) is 15.1 Å². The molecule has 102 valence electrons. The van der Waals surface area contributed by atoms with Gasteiger partial charge in [0.25, 0.3) is 0 Å². The van der Waals surface area contributed by atoms with Crippen LogP contribution in [-0.4, -0.2) is 58.3 Å². The standard InChI is InChI=1S/C12H19N7/c1-13-12-16-10(9-8-15-18-11(9)17-12)14-4-7-19-5-2-3-6-19/h8H,2-7H2,1H3,(H3,13,14,15,16,17,18). The first kappa shape index (κ1) is 12.2. The van der Waals surface area contributed by atoms with Crippen LogP contribution in [0.2, 0.25) is 0 Å². The lowest BCUT2D eigenvalue weighted by Crippen LogP contribution is -2.26. The maximum Gasteiger partial charge on any atom is 0.226 e. The van der Waals surface area contributed by atoms with Crippen LogP contribution in [0, 0.1) is 0 Å². The van der Waals surface area contributed by atoms with Crippen molar-refractivity contribution < 1.29 is 0 Å². The number of likely N-dealkylation sites (tertiary alicyclic amines) is 1. The minimum atomic E-state index is 0.598. The van der Waals surface area contributed by atoms with E-state index in [4.69, 9.17) is 0 Å². The van der Waals surface area contributed by atoms with Gasteiger partial charge in [0, 0.05) is 20.1 Å². The van der Waals surface area contributed by atoms with E-state index >= 15 is 0 Å². The lowest BCUT2D eigenvalue weighted by Gasteiger charge is -2.15. The molecule has 1 aliphatic rings. The van der Waals surface area contributed by atoms with E-state index in [1.54, 1.807) is 6.20 Å². The van der Waals surface area contributed by atoms with Crippen molar-refractivity contribution in [2.45, 2.75) is 12.8 Å². The number of hydrogen-bond acceptors (Lipinski definition) is 6. The van der Waals surface area contributed by atoms with Crippen molar-refractivity contribution in [1.29, 1.82) is 0 Å². The number of aromatic amines is 1. The third-order valence-corrected chi connectivity index (χ3v) is 3.45. The second-order valence-corrected chi connectivity index (χ2v) is 4.75. The number of H-pyrrole nitrogens is 1. The number of fused-ring (bicyclic) bond motifs is 1. The Hall–Kier alpha value is -1.89. The average Bonchev–Trinajstić information content (AvgIpc) is 3.08. The van der Waals surface area contributed by atoms with Gasteiger partial charge in [0.05, 0.1) is 11.6 Å². The minimum Gasteiger partial charge on any atom is -0.368 e. The SMILES string of the molecule is CNc1nc(NCCN2CCCC2)c2cn[nH]c2n1. The molecule has 0 atom stereocenters. The van der Waals surface area contributed by atoms with Gasteiger partial charge in [-0.05, 0) is 25.9 Å². The number of nitrogens with one attached hydrogen (secondary N) is 3. The molecule has 0 radical (unpaired) electrons. The maximum atomic E-state index is 4.44. The summed E-state index contributed by atoms with van der Waals surface area (Å²) in [5.41, 5.74) is 0.753. The van der Waals surface area contributed by atoms with Crippen molar-refractivity contribution in [3.63, 3.8) is 0 Å². The molecule has 0 bridgehead atoms. The molecular formula is C12H19N7. The zero-order chi connectivity index (χ0) is 13.1. The topological polar surface area (TPSA) is 81.8 Å². The second-order valence-electron chi connectivity index (χ2n) is 4.75. The fourth-order valence-corrected chi connectivity index (χ4v) is 2.42. The first-order valence-electron chi connectivity index (χ1n) is 6.72. The van der Waals surface area contributed by atoms with Gasteiger partial charge in [0.15, 0.2) is 5.65 Å². The van der Waals surface area contributed by atoms with Gasteiger partial charge in [-0.25, -0.2) is 0 Å². The van der Waals surface area contributed by atoms with Crippen molar-refractivity contribution >= 4 is 22.8 Å². The summed E-state index contributed by atoms with van der Waals surface area (Å²) in [6.45, 7) is 4.38. The molecule has 0 unspecified atom stereocenters. The number of anilines is 2. The molecule has 1 fully saturated rings. The van der Waals surface area contributed by atoms with Crippen LogP contribution >= 0.6 is 0 Å². The van der Waals surface area contributed by atoms with E-state index in [0.717, 1.165) is 29.9 Å². The van der Waals surface area contributed by atoms with Crippen LogP contribution in [0.5, 0.6) is 0 Å². The number of rotatable bonds is 5. The molecule has 0 aromatic carbocycles. The van der Waals surface area contributed by atoms with E-state index < -0.39 is 0 Å². The zero-order valence-electron chi connectivity index (χ0n) is 11.1. The summed E-state index contributed by atoms with van der Waals surface area (Å²) in [6, 6.07) is 0. The highest BCUT2D eigenvalue weighted by Gasteiger charge is 2.12. The van der Waals surface area contributed by atoms with E-state index in [-0.39, 0.29) is 0 Å². The molecule has 3 heterocycles. The highest BCUT2D eigenvalue weighted by Crippen LogP contribution is 2.19. The van der Waals surface area contributed by atoms with Crippen molar-refractivity contribution in [3.05, 3.63) is 6.20 Å². The van der Waals surface area contributed by atoms with Crippen LogP contribution in [-0.2, 0) is 0 Å². The Balaban J connectivity index is 1.70. The Morgan fingerprint density at radius 1 is 1.32 bits per heavy atom. The predicted molar refractivity (Wildman–Crippen MR) is 75.4 cm³/mol.